The predicted octanol–water partition coefficient (Wildman–Crippen LogP) is 1.19. The van der Waals surface area contributed by atoms with Crippen LogP contribution in [-0.2, 0) is 4.74 Å². The van der Waals surface area contributed by atoms with Gasteiger partial charge in [0, 0.05) is 24.9 Å². The van der Waals surface area contributed by atoms with E-state index in [4.69, 9.17) is 4.74 Å². The molecule has 0 aliphatic carbocycles. The van der Waals surface area contributed by atoms with Crippen LogP contribution >= 0.6 is 12.6 Å². The summed E-state index contributed by atoms with van der Waals surface area (Å²) in [6.07, 6.45) is 5.41. The van der Waals surface area contributed by atoms with Gasteiger partial charge in [-0.1, -0.05) is 12.2 Å². The number of ether oxygens (including phenoxy) is 1. The lowest BCUT2D eigenvalue weighted by atomic mass is 10.2. The summed E-state index contributed by atoms with van der Waals surface area (Å²) in [5.74, 6) is 0.828. The van der Waals surface area contributed by atoms with Crippen molar-refractivity contribution < 1.29 is 4.74 Å². The van der Waals surface area contributed by atoms with Crippen molar-refractivity contribution in [1.29, 1.82) is 0 Å². The quantitative estimate of drug-likeness (QED) is 0.524. The first-order valence-corrected chi connectivity index (χ1v) is 5.01. The van der Waals surface area contributed by atoms with Gasteiger partial charge in [-0.05, 0) is 13.5 Å². The zero-order valence-electron chi connectivity index (χ0n) is 7.57. The number of rotatable bonds is 4. The van der Waals surface area contributed by atoms with Gasteiger partial charge in [0.25, 0.3) is 0 Å². The number of hydrogen-bond donors (Lipinski definition) is 1. The van der Waals surface area contributed by atoms with E-state index in [-0.39, 0.29) is 0 Å². The summed E-state index contributed by atoms with van der Waals surface area (Å²) in [5.41, 5.74) is 0. The average molecular weight is 187 g/mol. The van der Waals surface area contributed by atoms with Crippen LogP contribution in [0.3, 0.4) is 0 Å². The lowest BCUT2D eigenvalue weighted by molar-refractivity contribution is 0.165. The van der Waals surface area contributed by atoms with E-state index in [1.54, 1.807) is 0 Å². The first kappa shape index (κ1) is 10.1. The van der Waals surface area contributed by atoms with Crippen molar-refractivity contribution in [2.45, 2.75) is 12.5 Å². The van der Waals surface area contributed by atoms with Gasteiger partial charge in [-0.3, -0.25) is 4.90 Å². The third kappa shape index (κ3) is 3.17. The van der Waals surface area contributed by atoms with Crippen LogP contribution < -0.4 is 0 Å². The van der Waals surface area contributed by atoms with Gasteiger partial charge in [-0.2, -0.15) is 12.6 Å². The molecular formula is C9H17NOS. The summed E-state index contributed by atoms with van der Waals surface area (Å²) < 4.78 is 5.30. The van der Waals surface area contributed by atoms with Crippen molar-refractivity contribution >= 4 is 12.6 Å². The van der Waals surface area contributed by atoms with Gasteiger partial charge in [0.1, 0.15) is 0 Å². The van der Waals surface area contributed by atoms with Crippen molar-refractivity contribution in [1.82, 2.24) is 4.90 Å². The zero-order valence-corrected chi connectivity index (χ0v) is 8.46. The molecule has 0 aromatic rings. The second kappa shape index (κ2) is 5.62. The molecule has 1 aliphatic heterocycles. The smallest absolute Gasteiger partial charge is 0.0622 e. The Bertz CT molecular complexity index is 143. The topological polar surface area (TPSA) is 12.5 Å². The van der Waals surface area contributed by atoms with Gasteiger partial charge in [0.05, 0.1) is 6.61 Å². The maximum Gasteiger partial charge on any atom is 0.0622 e. The standard InChI is InChI=1S/C9H17NOS/c1-10(5-2-3-7-12)9-4-6-11-8-9/h2-3,9,12H,4-8H2,1H3/b3-2+. The fraction of sp³-hybridized carbons (Fsp3) is 0.778. The maximum atomic E-state index is 5.30. The number of hydrogen-bond acceptors (Lipinski definition) is 3. The average Bonchev–Trinajstić information content (AvgIpc) is 2.56. The van der Waals surface area contributed by atoms with Crippen LogP contribution in [0.1, 0.15) is 6.42 Å². The molecular weight excluding hydrogens is 170 g/mol. The minimum Gasteiger partial charge on any atom is -0.380 e. The molecule has 0 spiro atoms. The maximum absolute atomic E-state index is 5.30. The molecule has 0 amide bonds. The summed E-state index contributed by atoms with van der Waals surface area (Å²) in [5, 5.41) is 0. The van der Waals surface area contributed by atoms with Crippen LogP contribution in [-0.4, -0.2) is 43.5 Å². The normalized spacial score (nSPS) is 24.4. The summed E-state index contributed by atoms with van der Waals surface area (Å²) in [6, 6.07) is 0.620. The molecule has 0 bridgehead atoms. The van der Waals surface area contributed by atoms with Crippen LogP contribution in [0.4, 0.5) is 0 Å². The number of nitrogens with zero attached hydrogens (tertiary/aromatic N) is 1. The molecule has 0 saturated carbocycles. The zero-order chi connectivity index (χ0) is 8.81. The summed E-state index contributed by atoms with van der Waals surface area (Å²) in [4.78, 5) is 2.33. The van der Waals surface area contributed by atoms with E-state index in [1.807, 2.05) is 0 Å². The first-order valence-electron chi connectivity index (χ1n) is 4.38. The van der Waals surface area contributed by atoms with E-state index < -0.39 is 0 Å². The van der Waals surface area contributed by atoms with E-state index >= 15 is 0 Å². The molecule has 1 unspecified atom stereocenters. The lowest BCUT2D eigenvalue weighted by Crippen LogP contribution is -2.31. The van der Waals surface area contributed by atoms with Crippen molar-refractivity contribution in [2.24, 2.45) is 0 Å². The van der Waals surface area contributed by atoms with E-state index in [0.29, 0.717) is 6.04 Å². The van der Waals surface area contributed by atoms with Gasteiger partial charge in [-0.25, -0.2) is 0 Å². The Balaban J connectivity index is 2.17. The molecule has 3 heteroatoms. The molecule has 1 heterocycles. The van der Waals surface area contributed by atoms with Crippen LogP contribution in [0.15, 0.2) is 12.2 Å². The fourth-order valence-electron chi connectivity index (χ4n) is 1.33. The van der Waals surface area contributed by atoms with Crippen LogP contribution in [0, 0.1) is 0 Å². The molecule has 70 valence electrons. The first-order chi connectivity index (χ1) is 5.84. The van der Waals surface area contributed by atoms with Crippen LogP contribution in [0.2, 0.25) is 0 Å². The van der Waals surface area contributed by atoms with Crippen molar-refractivity contribution in [3.05, 3.63) is 12.2 Å². The lowest BCUT2D eigenvalue weighted by Gasteiger charge is -2.20. The monoisotopic (exact) mass is 187 g/mol. The van der Waals surface area contributed by atoms with E-state index in [1.165, 1.54) is 6.42 Å². The molecule has 12 heavy (non-hydrogen) atoms. The second-order valence-corrected chi connectivity index (χ2v) is 3.48. The molecule has 0 aromatic carbocycles. The van der Waals surface area contributed by atoms with Gasteiger partial charge in [0.15, 0.2) is 0 Å². The summed E-state index contributed by atoms with van der Waals surface area (Å²) in [6.45, 7) is 2.82. The minimum absolute atomic E-state index is 0.620. The van der Waals surface area contributed by atoms with Crippen LogP contribution in [0.25, 0.3) is 0 Å². The Kier molecular flexibility index (Phi) is 4.73. The van der Waals surface area contributed by atoms with Gasteiger partial charge in [-0.15, -0.1) is 0 Å². The Hall–Kier alpha value is 0.01000. The summed E-state index contributed by atoms with van der Waals surface area (Å²) >= 11 is 4.10. The van der Waals surface area contributed by atoms with Crippen molar-refractivity contribution in [3.8, 4) is 0 Å². The largest absolute Gasteiger partial charge is 0.380 e. The Morgan fingerprint density at radius 3 is 3.00 bits per heavy atom. The third-order valence-corrected chi connectivity index (χ3v) is 2.41. The Morgan fingerprint density at radius 1 is 1.58 bits per heavy atom. The van der Waals surface area contributed by atoms with E-state index in [9.17, 15) is 0 Å². The fourth-order valence-corrected chi connectivity index (χ4v) is 1.48. The van der Waals surface area contributed by atoms with Gasteiger partial charge < -0.3 is 4.74 Å². The summed E-state index contributed by atoms with van der Waals surface area (Å²) in [7, 11) is 2.14. The SMILES string of the molecule is CN(C/C=C/CS)C1CCOC1. The highest BCUT2D eigenvalue weighted by Gasteiger charge is 2.18. The molecule has 1 atom stereocenters. The van der Waals surface area contributed by atoms with Crippen LogP contribution in [0.5, 0.6) is 0 Å². The highest BCUT2D eigenvalue weighted by Crippen LogP contribution is 2.09. The molecule has 0 N–H and O–H groups in total. The highest BCUT2D eigenvalue weighted by atomic mass is 32.1. The Labute approximate surface area is 80.0 Å². The molecule has 2 nitrogen and oxygen atoms in total. The van der Waals surface area contributed by atoms with Crippen molar-refractivity contribution in [3.63, 3.8) is 0 Å². The van der Waals surface area contributed by atoms with E-state index in [0.717, 1.165) is 25.5 Å². The molecule has 1 aliphatic rings. The second-order valence-electron chi connectivity index (χ2n) is 3.11. The predicted molar refractivity (Wildman–Crippen MR) is 54.8 cm³/mol. The minimum atomic E-state index is 0.620. The van der Waals surface area contributed by atoms with Crippen molar-refractivity contribution in [2.75, 3.05) is 32.6 Å². The Morgan fingerprint density at radius 2 is 2.42 bits per heavy atom. The van der Waals surface area contributed by atoms with Gasteiger partial charge in [0.2, 0.25) is 0 Å². The number of thiol groups is 1. The third-order valence-electron chi connectivity index (χ3n) is 2.19. The molecule has 1 saturated heterocycles. The van der Waals surface area contributed by atoms with E-state index in [2.05, 4.69) is 36.7 Å². The molecule has 1 rings (SSSR count). The van der Waals surface area contributed by atoms with Gasteiger partial charge >= 0.3 is 0 Å². The molecule has 1 fully saturated rings. The highest BCUT2D eigenvalue weighted by molar-refractivity contribution is 7.80. The molecule has 0 radical (unpaired) electrons. The number of likely N-dealkylation sites (N-methyl/N-ethyl adjacent to an activating group) is 1. The molecule has 0 aromatic heterocycles.